The smallest absolute Gasteiger partial charge is 0.244 e. The molecule has 146 valence electrons. The number of nitrogens with zero attached hydrogens (tertiary/aromatic N) is 1. The highest BCUT2D eigenvalue weighted by atomic mass is 19.1. The summed E-state index contributed by atoms with van der Waals surface area (Å²) in [4.78, 5) is 37.0. The third-order valence-corrected chi connectivity index (χ3v) is 3.78. The highest BCUT2D eigenvalue weighted by Gasteiger charge is 2.13. The van der Waals surface area contributed by atoms with E-state index in [1.54, 1.807) is 12.1 Å². The molecule has 2 rings (SSSR count). The number of rotatable bonds is 8. The highest BCUT2D eigenvalue weighted by Crippen LogP contribution is 2.09. The fourth-order valence-electron chi connectivity index (χ4n) is 2.35. The Morgan fingerprint density at radius 1 is 1.07 bits per heavy atom. The van der Waals surface area contributed by atoms with Gasteiger partial charge in [0, 0.05) is 31.8 Å². The van der Waals surface area contributed by atoms with Crippen molar-refractivity contribution in [3.8, 4) is 0 Å². The summed E-state index contributed by atoms with van der Waals surface area (Å²) in [6.07, 6.45) is 3.14. The molecule has 0 aliphatic heterocycles. The standard InChI is InChI=1S/C21H22FN3O3/c1-25(15-20(27)24-18-9-5-8-17(22)14-18)21(28)12-13-23-19(26)11-10-16-6-3-2-4-7-16/h2-11,14H,12-13,15H2,1H3,(H,23,26)(H,24,27)/b11-10+. The first kappa shape index (κ1) is 20.8. The monoisotopic (exact) mass is 383 g/mol. The maximum absolute atomic E-state index is 13.1. The molecule has 2 aromatic rings. The minimum atomic E-state index is -0.459. The van der Waals surface area contributed by atoms with Crippen molar-refractivity contribution in [2.45, 2.75) is 6.42 Å². The molecule has 0 fully saturated rings. The largest absolute Gasteiger partial charge is 0.352 e. The Balaban J connectivity index is 1.69. The van der Waals surface area contributed by atoms with Crippen LogP contribution in [0.1, 0.15) is 12.0 Å². The highest BCUT2D eigenvalue weighted by molar-refractivity contribution is 5.95. The van der Waals surface area contributed by atoms with Gasteiger partial charge in [0.05, 0.1) is 6.54 Å². The molecule has 0 saturated heterocycles. The Bertz CT molecular complexity index is 853. The van der Waals surface area contributed by atoms with Crippen molar-refractivity contribution in [2.24, 2.45) is 0 Å². The molecule has 7 heteroatoms. The molecular weight excluding hydrogens is 361 g/mol. The van der Waals surface area contributed by atoms with E-state index in [9.17, 15) is 18.8 Å². The number of halogens is 1. The fraction of sp³-hybridized carbons (Fsp3) is 0.190. The van der Waals surface area contributed by atoms with Crippen LogP contribution in [0.25, 0.3) is 6.08 Å². The minimum absolute atomic E-state index is 0.0641. The lowest BCUT2D eigenvalue weighted by Crippen LogP contribution is -2.36. The summed E-state index contributed by atoms with van der Waals surface area (Å²) in [6.45, 7) is -0.0101. The molecule has 0 aliphatic carbocycles. The number of benzene rings is 2. The molecular formula is C21H22FN3O3. The van der Waals surface area contributed by atoms with Gasteiger partial charge in [-0.2, -0.15) is 0 Å². The average Bonchev–Trinajstić information content (AvgIpc) is 2.67. The van der Waals surface area contributed by atoms with E-state index in [0.29, 0.717) is 5.69 Å². The topological polar surface area (TPSA) is 78.5 Å². The molecule has 2 N–H and O–H groups in total. The molecule has 0 saturated carbocycles. The maximum Gasteiger partial charge on any atom is 0.244 e. The first-order valence-electron chi connectivity index (χ1n) is 8.74. The first-order chi connectivity index (χ1) is 13.4. The van der Waals surface area contributed by atoms with E-state index < -0.39 is 11.7 Å². The van der Waals surface area contributed by atoms with Crippen molar-refractivity contribution >= 4 is 29.5 Å². The second kappa shape index (κ2) is 10.6. The van der Waals surface area contributed by atoms with Gasteiger partial charge in [-0.05, 0) is 29.8 Å². The van der Waals surface area contributed by atoms with Crippen LogP contribution in [0.5, 0.6) is 0 Å². The number of hydrogen-bond acceptors (Lipinski definition) is 3. The number of hydrogen-bond donors (Lipinski definition) is 2. The van der Waals surface area contributed by atoms with Crippen molar-refractivity contribution < 1.29 is 18.8 Å². The van der Waals surface area contributed by atoms with E-state index in [1.165, 1.54) is 36.2 Å². The fourth-order valence-corrected chi connectivity index (χ4v) is 2.35. The van der Waals surface area contributed by atoms with Crippen LogP contribution in [0.15, 0.2) is 60.7 Å². The summed E-state index contributed by atoms with van der Waals surface area (Å²) in [5.41, 5.74) is 1.22. The SMILES string of the molecule is CN(CC(=O)Nc1cccc(F)c1)C(=O)CCNC(=O)/C=C/c1ccccc1. The van der Waals surface area contributed by atoms with Gasteiger partial charge >= 0.3 is 0 Å². The second-order valence-electron chi connectivity index (χ2n) is 6.09. The van der Waals surface area contributed by atoms with Gasteiger partial charge in [0.15, 0.2) is 0 Å². The van der Waals surface area contributed by atoms with Crippen LogP contribution >= 0.6 is 0 Å². The lowest BCUT2D eigenvalue weighted by Gasteiger charge is -2.17. The van der Waals surface area contributed by atoms with Gasteiger partial charge in [0.25, 0.3) is 0 Å². The van der Waals surface area contributed by atoms with Crippen LogP contribution in [0.2, 0.25) is 0 Å². The maximum atomic E-state index is 13.1. The van der Waals surface area contributed by atoms with Crippen molar-refractivity contribution in [2.75, 3.05) is 25.5 Å². The molecule has 0 radical (unpaired) electrons. The van der Waals surface area contributed by atoms with Crippen LogP contribution in [0, 0.1) is 5.82 Å². The summed E-state index contributed by atoms with van der Waals surface area (Å²) in [7, 11) is 1.49. The van der Waals surface area contributed by atoms with E-state index in [-0.39, 0.29) is 31.3 Å². The van der Waals surface area contributed by atoms with Crippen molar-refractivity contribution in [3.05, 3.63) is 72.1 Å². The normalized spacial score (nSPS) is 10.5. The van der Waals surface area contributed by atoms with Gasteiger partial charge in [0.2, 0.25) is 17.7 Å². The van der Waals surface area contributed by atoms with Gasteiger partial charge in [-0.25, -0.2) is 4.39 Å². The predicted octanol–water partition coefficient (Wildman–Crippen LogP) is 2.44. The molecule has 6 nitrogen and oxygen atoms in total. The molecule has 2 aromatic carbocycles. The van der Waals surface area contributed by atoms with Crippen molar-refractivity contribution in [1.29, 1.82) is 0 Å². The molecule has 3 amide bonds. The van der Waals surface area contributed by atoms with E-state index in [4.69, 9.17) is 0 Å². The zero-order valence-corrected chi connectivity index (χ0v) is 15.5. The van der Waals surface area contributed by atoms with Crippen LogP contribution in [0.4, 0.5) is 10.1 Å². The number of amides is 3. The van der Waals surface area contributed by atoms with Gasteiger partial charge in [0.1, 0.15) is 5.82 Å². The Morgan fingerprint density at radius 3 is 2.54 bits per heavy atom. The van der Waals surface area contributed by atoms with Crippen molar-refractivity contribution in [1.82, 2.24) is 10.2 Å². The Morgan fingerprint density at radius 2 is 1.82 bits per heavy atom. The third-order valence-electron chi connectivity index (χ3n) is 3.78. The van der Waals surface area contributed by atoms with Crippen LogP contribution in [-0.2, 0) is 14.4 Å². The predicted molar refractivity (Wildman–Crippen MR) is 106 cm³/mol. The van der Waals surface area contributed by atoms with E-state index in [2.05, 4.69) is 10.6 Å². The summed E-state index contributed by atoms with van der Waals surface area (Å²) < 4.78 is 13.1. The van der Waals surface area contributed by atoms with E-state index in [0.717, 1.165) is 5.56 Å². The second-order valence-corrected chi connectivity index (χ2v) is 6.09. The molecule has 0 atom stereocenters. The Kier molecular flexibility index (Phi) is 7.90. The molecule has 0 aliphatic rings. The molecule has 0 aromatic heterocycles. The third kappa shape index (κ3) is 7.41. The summed E-state index contributed by atoms with van der Waals surface area (Å²) in [5.74, 6) is -1.49. The molecule has 0 spiro atoms. The number of carbonyl (C=O) groups is 3. The average molecular weight is 383 g/mol. The first-order valence-corrected chi connectivity index (χ1v) is 8.74. The molecule has 0 unspecified atom stereocenters. The number of carbonyl (C=O) groups excluding carboxylic acids is 3. The molecule has 28 heavy (non-hydrogen) atoms. The van der Waals surface area contributed by atoms with Gasteiger partial charge in [-0.15, -0.1) is 0 Å². The number of nitrogens with one attached hydrogen (secondary N) is 2. The van der Waals surface area contributed by atoms with Gasteiger partial charge in [-0.3, -0.25) is 14.4 Å². The number of likely N-dealkylation sites (N-methyl/N-ethyl adjacent to an activating group) is 1. The summed E-state index contributed by atoms with van der Waals surface area (Å²) in [5, 5.41) is 5.15. The van der Waals surface area contributed by atoms with E-state index >= 15 is 0 Å². The zero-order chi connectivity index (χ0) is 20.4. The van der Waals surface area contributed by atoms with Crippen LogP contribution in [0.3, 0.4) is 0 Å². The zero-order valence-electron chi connectivity index (χ0n) is 15.5. The van der Waals surface area contributed by atoms with E-state index in [1.807, 2.05) is 30.3 Å². The summed E-state index contributed by atoms with van der Waals surface area (Å²) >= 11 is 0. The lowest BCUT2D eigenvalue weighted by atomic mass is 10.2. The minimum Gasteiger partial charge on any atom is -0.352 e. The molecule has 0 heterocycles. The Hall–Kier alpha value is -3.48. The van der Waals surface area contributed by atoms with Gasteiger partial charge < -0.3 is 15.5 Å². The Labute approximate surface area is 163 Å². The number of anilines is 1. The van der Waals surface area contributed by atoms with Crippen molar-refractivity contribution in [3.63, 3.8) is 0 Å². The van der Waals surface area contributed by atoms with Crippen LogP contribution < -0.4 is 10.6 Å². The summed E-state index contributed by atoms with van der Waals surface area (Å²) in [6, 6.07) is 14.9. The lowest BCUT2D eigenvalue weighted by molar-refractivity contribution is -0.133. The quantitative estimate of drug-likeness (QED) is 0.688. The van der Waals surface area contributed by atoms with Gasteiger partial charge in [-0.1, -0.05) is 36.4 Å². The van der Waals surface area contributed by atoms with Crippen LogP contribution in [-0.4, -0.2) is 42.8 Å². The molecule has 0 bridgehead atoms.